The van der Waals surface area contributed by atoms with Crippen LogP contribution in [0.15, 0.2) is 0 Å². The second-order valence-corrected chi connectivity index (χ2v) is 12.0. The Balaban J connectivity index is 1.45. The summed E-state index contributed by atoms with van der Waals surface area (Å²) >= 11 is 0. The van der Waals surface area contributed by atoms with E-state index in [0.717, 1.165) is 57.8 Å². The molecule has 0 aromatic heterocycles. The van der Waals surface area contributed by atoms with Crippen molar-refractivity contribution in [2.45, 2.75) is 82.8 Å². The van der Waals surface area contributed by atoms with Gasteiger partial charge < -0.3 is 9.64 Å². The fourth-order valence-electron chi connectivity index (χ4n) is 6.48. The van der Waals surface area contributed by atoms with Gasteiger partial charge in [-0.05, 0) is 82.5 Å². The van der Waals surface area contributed by atoms with Crippen LogP contribution in [0, 0.1) is 23.7 Å². The van der Waals surface area contributed by atoms with Crippen molar-refractivity contribution in [3.8, 4) is 0 Å². The molecule has 4 rings (SSSR count). The van der Waals surface area contributed by atoms with Gasteiger partial charge in [-0.25, -0.2) is 18.4 Å². The van der Waals surface area contributed by atoms with Crippen LogP contribution in [0.1, 0.15) is 64.7 Å². The van der Waals surface area contributed by atoms with E-state index in [2.05, 4.69) is 4.90 Å². The molecule has 9 heteroatoms. The first kappa shape index (κ1) is 22.8. The number of nitrogens with zero attached hydrogens (tertiary/aromatic N) is 2. The van der Waals surface area contributed by atoms with Crippen molar-refractivity contribution in [2.24, 2.45) is 28.8 Å². The molecule has 8 nitrogen and oxygen atoms in total. The van der Waals surface area contributed by atoms with Crippen molar-refractivity contribution < 1.29 is 22.7 Å². The van der Waals surface area contributed by atoms with Crippen molar-refractivity contribution in [3.05, 3.63) is 0 Å². The number of primary sulfonamides is 1. The summed E-state index contributed by atoms with van der Waals surface area (Å²) in [6.07, 6.45) is 8.39. The molecule has 2 N–H and O–H groups in total. The Labute approximate surface area is 185 Å². The van der Waals surface area contributed by atoms with E-state index in [9.17, 15) is 18.0 Å². The van der Waals surface area contributed by atoms with Crippen molar-refractivity contribution in [1.82, 2.24) is 9.80 Å². The molecule has 0 aromatic rings. The smallest absolute Gasteiger partial charge is 0.410 e. The van der Waals surface area contributed by atoms with Gasteiger partial charge in [0.15, 0.2) is 0 Å². The van der Waals surface area contributed by atoms with E-state index in [1.165, 1.54) is 7.11 Å². The maximum atomic E-state index is 13.1. The SMILES string of the molecule is COC(=O)N1C2CCC(C3CCC(CS(N)(=O)=O)CC3)CC2N(C(=O)C2CC2)C[C@@H]1C. The number of nitrogens with two attached hydrogens (primary N) is 1. The molecule has 4 atom stereocenters. The molecular formula is C22H37N3O5S. The molecule has 3 saturated carbocycles. The summed E-state index contributed by atoms with van der Waals surface area (Å²) in [5.74, 6) is 1.77. The Kier molecular flexibility index (Phi) is 6.54. The molecule has 1 saturated heterocycles. The quantitative estimate of drug-likeness (QED) is 0.700. The lowest BCUT2D eigenvalue weighted by Gasteiger charge is -2.54. The average Bonchev–Trinajstić information content (AvgIpc) is 3.57. The zero-order valence-corrected chi connectivity index (χ0v) is 19.6. The predicted octanol–water partition coefficient (Wildman–Crippen LogP) is 2.33. The Morgan fingerprint density at radius 3 is 2.19 bits per heavy atom. The molecule has 0 bridgehead atoms. The second kappa shape index (κ2) is 8.89. The zero-order chi connectivity index (χ0) is 22.3. The largest absolute Gasteiger partial charge is 0.453 e. The molecule has 176 valence electrons. The lowest BCUT2D eigenvalue weighted by atomic mass is 9.68. The number of methoxy groups -OCH3 is 1. The highest BCUT2D eigenvalue weighted by molar-refractivity contribution is 7.89. The number of amides is 2. The van der Waals surface area contributed by atoms with Crippen LogP contribution in [0.4, 0.5) is 4.79 Å². The fourth-order valence-corrected chi connectivity index (χ4v) is 7.47. The van der Waals surface area contributed by atoms with Crippen molar-refractivity contribution in [3.63, 3.8) is 0 Å². The minimum Gasteiger partial charge on any atom is -0.453 e. The van der Waals surface area contributed by atoms with Gasteiger partial charge in [0.2, 0.25) is 15.9 Å². The van der Waals surface area contributed by atoms with Crippen LogP contribution < -0.4 is 5.14 Å². The van der Waals surface area contributed by atoms with Crippen LogP contribution in [0.25, 0.3) is 0 Å². The van der Waals surface area contributed by atoms with Gasteiger partial charge in [0.05, 0.1) is 31.0 Å². The van der Waals surface area contributed by atoms with E-state index in [0.29, 0.717) is 18.4 Å². The van der Waals surface area contributed by atoms with Gasteiger partial charge >= 0.3 is 6.09 Å². The van der Waals surface area contributed by atoms with Gasteiger partial charge in [-0.15, -0.1) is 0 Å². The van der Waals surface area contributed by atoms with Crippen LogP contribution in [-0.4, -0.2) is 67.8 Å². The highest BCUT2D eigenvalue weighted by atomic mass is 32.2. The molecule has 3 unspecified atom stereocenters. The summed E-state index contributed by atoms with van der Waals surface area (Å²) in [7, 11) is -1.99. The van der Waals surface area contributed by atoms with Crippen LogP contribution in [0.5, 0.6) is 0 Å². The van der Waals surface area contributed by atoms with Crippen LogP contribution >= 0.6 is 0 Å². The average molecular weight is 456 g/mol. The van der Waals surface area contributed by atoms with Crippen LogP contribution in [0.3, 0.4) is 0 Å². The molecule has 4 aliphatic rings. The Morgan fingerprint density at radius 1 is 0.968 bits per heavy atom. The van der Waals surface area contributed by atoms with Crippen molar-refractivity contribution in [1.29, 1.82) is 0 Å². The first-order valence-electron chi connectivity index (χ1n) is 11.8. The minimum atomic E-state index is -3.42. The highest BCUT2D eigenvalue weighted by Crippen LogP contribution is 2.45. The standard InChI is InChI=1S/C22H37N3O5S/c1-14-12-24(21(26)17-7-8-17)20-11-18(9-10-19(20)25(14)22(27)30-2)16-5-3-15(4-6-16)13-31(23,28)29/h14-20H,3-13H2,1-2H3,(H2,23,28,29)/t14-,15?,16?,18?,19?,20?/m0/s1. The Morgan fingerprint density at radius 2 is 1.61 bits per heavy atom. The topological polar surface area (TPSA) is 110 Å². The van der Waals surface area contributed by atoms with E-state index in [1.807, 2.05) is 11.8 Å². The third-order valence-electron chi connectivity index (χ3n) is 8.14. The highest BCUT2D eigenvalue weighted by Gasteiger charge is 2.50. The number of hydrogen-bond acceptors (Lipinski definition) is 5. The summed E-state index contributed by atoms with van der Waals surface area (Å²) in [5.41, 5.74) is 0. The molecule has 31 heavy (non-hydrogen) atoms. The summed E-state index contributed by atoms with van der Waals surface area (Å²) < 4.78 is 28.0. The zero-order valence-electron chi connectivity index (χ0n) is 18.7. The van der Waals surface area contributed by atoms with Gasteiger partial charge in [0.1, 0.15) is 0 Å². The first-order chi connectivity index (χ1) is 14.7. The predicted molar refractivity (Wildman–Crippen MR) is 116 cm³/mol. The van der Waals surface area contributed by atoms with Crippen LogP contribution in [0.2, 0.25) is 0 Å². The minimum absolute atomic E-state index is 0.0221. The normalized spacial score (nSPS) is 36.6. The monoisotopic (exact) mass is 455 g/mol. The van der Waals surface area contributed by atoms with E-state index >= 15 is 0 Å². The molecule has 0 spiro atoms. The van der Waals surface area contributed by atoms with Gasteiger partial charge in [-0.3, -0.25) is 9.69 Å². The summed E-state index contributed by atoms with van der Waals surface area (Å²) in [5, 5.41) is 5.24. The molecule has 1 heterocycles. The van der Waals surface area contributed by atoms with Gasteiger partial charge in [0, 0.05) is 12.5 Å². The Bertz CT molecular complexity index is 791. The third kappa shape index (κ3) is 5.02. The molecule has 0 aromatic carbocycles. The summed E-state index contributed by atoms with van der Waals surface area (Å²) in [4.78, 5) is 29.6. The maximum absolute atomic E-state index is 13.1. The Hall–Kier alpha value is -1.35. The second-order valence-electron chi connectivity index (χ2n) is 10.3. The molecule has 3 aliphatic carbocycles. The van der Waals surface area contributed by atoms with Crippen LogP contribution in [-0.2, 0) is 19.6 Å². The van der Waals surface area contributed by atoms with Crippen molar-refractivity contribution >= 4 is 22.0 Å². The fraction of sp³-hybridized carbons (Fsp3) is 0.909. The molecule has 0 radical (unpaired) electrons. The summed E-state index contributed by atoms with van der Waals surface area (Å²) in [6.45, 7) is 2.60. The van der Waals surface area contributed by atoms with E-state index < -0.39 is 10.0 Å². The first-order valence-corrected chi connectivity index (χ1v) is 13.6. The number of carbonyl (C=O) groups is 2. The van der Waals surface area contributed by atoms with Gasteiger partial charge in [0.25, 0.3) is 0 Å². The third-order valence-corrected chi connectivity index (χ3v) is 9.07. The maximum Gasteiger partial charge on any atom is 0.410 e. The number of hydrogen-bond donors (Lipinski definition) is 1. The lowest BCUT2D eigenvalue weighted by molar-refractivity contribution is -0.144. The number of piperazine rings is 1. The number of carbonyl (C=O) groups excluding carboxylic acids is 2. The molecule has 4 fully saturated rings. The lowest BCUT2D eigenvalue weighted by Crippen LogP contribution is -2.67. The molecule has 2 amide bonds. The van der Waals surface area contributed by atoms with Gasteiger partial charge in [-0.2, -0.15) is 0 Å². The molecule has 1 aliphatic heterocycles. The number of rotatable bonds is 4. The summed E-state index contributed by atoms with van der Waals surface area (Å²) in [6, 6.07) is 0.0414. The van der Waals surface area contributed by atoms with E-state index in [4.69, 9.17) is 9.88 Å². The van der Waals surface area contributed by atoms with Crippen molar-refractivity contribution in [2.75, 3.05) is 19.4 Å². The van der Waals surface area contributed by atoms with Gasteiger partial charge in [-0.1, -0.05) is 0 Å². The molecular weight excluding hydrogens is 418 g/mol. The van der Waals surface area contributed by atoms with E-state index in [-0.39, 0.29) is 47.7 Å². The number of sulfonamides is 1. The van der Waals surface area contributed by atoms with E-state index in [1.54, 1.807) is 0 Å². The number of ether oxygens (including phenoxy) is 1. The number of fused-ring (bicyclic) bond motifs is 1.